The fourth-order valence-electron chi connectivity index (χ4n) is 1.50. The molecule has 0 bridgehead atoms. The molecule has 100 valence electrons. The van der Waals surface area contributed by atoms with Crippen LogP contribution in [0.4, 0.5) is 10.1 Å². The standard InChI is InChI=1S/C11H15FN2O4/c1-11(2,5-15)10(13)7-3-6(12)4-8(9(7)16)14(17)18/h3-4,10,15-16H,5,13H2,1-2H3/t10-/m0/s1. The van der Waals surface area contributed by atoms with Crippen molar-refractivity contribution in [2.24, 2.45) is 11.1 Å². The largest absolute Gasteiger partial charge is 0.502 e. The molecule has 1 aromatic carbocycles. The van der Waals surface area contributed by atoms with Crippen molar-refractivity contribution >= 4 is 5.69 Å². The SMILES string of the molecule is CC(C)(CO)[C@@H](N)c1cc(F)cc([N+](=O)[O-])c1O. The molecule has 0 fully saturated rings. The van der Waals surface area contributed by atoms with Crippen LogP contribution in [0.5, 0.6) is 5.75 Å². The number of nitro benzene ring substituents is 1. The van der Waals surface area contributed by atoms with E-state index in [0.29, 0.717) is 6.07 Å². The first-order valence-corrected chi connectivity index (χ1v) is 5.24. The molecule has 1 aromatic rings. The van der Waals surface area contributed by atoms with Crippen molar-refractivity contribution < 1.29 is 19.5 Å². The van der Waals surface area contributed by atoms with E-state index < -0.39 is 33.6 Å². The van der Waals surface area contributed by atoms with Gasteiger partial charge in [-0.3, -0.25) is 10.1 Å². The summed E-state index contributed by atoms with van der Waals surface area (Å²) in [6.45, 7) is 2.90. The normalized spacial score (nSPS) is 13.4. The highest BCUT2D eigenvalue weighted by Gasteiger charge is 2.32. The Bertz CT molecular complexity index is 476. The van der Waals surface area contributed by atoms with Gasteiger partial charge in [-0.15, -0.1) is 0 Å². The van der Waals surface area contributed by atoms with Crippen molar-refractivity contribution in [1.82, 2.24) is 0 Å². The minimum absolute atomic E-state index is 0.0965. The van der Waals surface area contributed by atoms with Gasteiger partial charge < -0.3 is 15.9 Å². The number of aromatic hydroxyl groups is 1. The van der Waals surface area contributed by atoms with Crippen molar-refractivity contribution in [3.8, 4) is 5.75 Å². The van der Waals surface area contributed by atoms with Crippen LogP contribution in [0, 0.1) is 21.3 Å². The van der Waals surface area contributed by atoms with E-state index in [2.05, 4.69) is 0 Å². The quantitative estimate of drug-likeness (QED) is 0.559. The summed E-state index contributed by atoms with van der Waals surface area (Å²) in [4.78, 5) is 9.77. The van der Waals surface area contributed by atoms with Gasteiger partial charge in [0.2, 0.25) is 0 Å². The summed E-state index contributed by atoms with van der Waals surface area (Å²) in [7, 11) is 0. The van der Waals surface area contributed by atoms with Crippen molar-refractivity contribution in [3.05, 3.63) is 33.6 Å². The van der Waals surface area contributed by atoms with Gasteiger partial charge in [-0.2, -0.15) is 0 Å². The second kappa shape index (κ2) is 4.87. The molecule has 1 rings (SSSR count). The van der Waals surface area contributed by atoms with E-state index in [0.717, 1.165) is 6.07 Å². The maximum absolute atomic E-state index is 13.3. The summed E-state index contributed by atoms with van der Waals surface area (Å²) < 4.78 is 13.3. The molecular formula is C11H15FN2O4. The Morgan fingerprint density at radius 3 is 2.56 bits per heavy atom. The molecule has 0 saturated carbocycles. The summed E-state index contributed by atoms with van der Waals surface area (Å²) in [5, 5.41) is 29.6. The summed E-state index contributed by atoms with van der Waals surface area (Å²) in [5.74, 6) is -1.53. The average Bonchev–Trinajstić information content (AvgIpc) is 2.30. The van der Waals surface area contributed by atoms with E-state index in [1.165, 1.54) is 0 Å². The van der Waals surface area contributed by atoms with Crippen molar-refractivity contribution in [2.45, 2.75) is 19.9 Å². The van der Waals surface area contributed by atoms with Gasteiger partial charge in [-0.25, -0.2) is 4.39 Å². The highest BCUT2D eigenvalue weighted by Crippen LogP contribution is 2.40. The number of phenols is 1. The summed E-state index contributed by atoms with van der Waals surface area (Å²) in [6.07, 6.45) is 0. The number of phenolic OH excluding ortho intramolecular Hbond substituents is 1. The van der Waals surface area contributed by atoms with Crippen molar-refractivity contribution in [2.75, 3.05) is 6.61 Å². The van der Waals surface area contributed by atoms with Gasteiger partial charge in [0.1, 0.15) is 5.82 Å². The molecule has 0 amide bonds. The summed E-state index contributed by atoms with van der Waals surface area (Å²) >= 11 is 0. The van der Waals surface area contributed by atoms with Crippen molar-refractivity contribution in [1.29, 1.82) is 0 Å². The second-order valence-electron chi connectivity index (χ2n) is 4.74. The molecule has 0 spiro atoms. The van der Waals surface area contributed by atoms with Crippen LogP contribution < -0.4 is 5.73 Å². The number of rotatable bonds is 4. The van der Waals surface area contributed by atoms with E-state index in [4.69, 9.17) is 5.73 Å². The van der Waals surface area contributed by atoms with E-state index >= 15 is 0 Å². The molecule has 0 aliphatic heterocycles. The van der Waals surface area contributed by atoms with Crippen LogP contribution in [0.15, 0.2) is 12.1 Å². The molecule has 0 aromatic heterocycles. The summed E-state index contributed by atoms with van der Waals surface area (Å²) in [6, 6.07) is 0.624. The third kappa shape index (κ3) is 2.57. The molecule has 1 atom stereocenters. The zero-order valence-electron chi connectivity index (χ0n) is 10.1. The molecule has 0 heterocycles. The fourth-order valence-corrected chi connectivity index (χ4v) is 1.50. The average molecular weight is 258 g/mol. The lowest BCUT2D eigenvalue weighted by atomic mass is 9.81. The van der Waals surface area contributed by atoms with Gasteiger partial charge in [-0.05, 0) is 6.07 Å². The van der Waals surface area contributed by atoms with Gasteiger partial charge in [0.15, 0.2) is 5.75 Å². The summed E-state index contributed by atoms with van der Waals surface area (Å²) in [5.41, 5.74) is 4.13. The number of nitro groups is 1. The smallest absolute Gasteiger partial charge is 0.313 e. The molecule has 4 N–H and O–H groups in total. The second-order valence-corrected chi connectivity index (χ2v) is 4.74. The Morgan fingerprint density at radius 2 is 2.11 bits per heavy atom. The predicted octanol–water partition coefficient (Wildman–Crippen LogP) is 1.46. The van der Waals surface area contributed by atoms with Gasteiger partial charge >= 0.3 is 5.69 Å². The van der Waals surface area contributed by atoms with Crippen molar-refractivity contribution in [3.63, 3.8) is 0 Å². The predicted molar refractivity (Wildman–Crippen MR) is 62.5 cm³/mol. The first kappa shape index (κ1) is 14.3. The maximum Gasteiger partial charge on any atom is 0.313 e. The molecule has 18 heavy (non-hydrogen) atoms. The Labute approximate surface area is 103 Å². The molecule has 6 nitrogen and oxygen atoms in total. The van der Waals surface area contributed by atoms with Gasteiger partial charge in [0.05, 0.1) is 11.0 Å². The number of nitrogens with zero attached hydrogens (tertiary/aromatic N) is 1. The topological polar surface area (TPSA) is 110 Å². The van der Waals surface area contributed by atoms with Crippen LogP contribution in [0.25, 0.3) is 0 Å². The number of aliphatic hydroxyl groups is 1. The minimum Gasteiger partial charge on any atom is -0.502 e. The Kier molecular flexibility index (Phi) is 3.88. The molecular weight excluding hydrogens is 243 g/mol. The highest BCUT2D eigenvalue weighted by atomic mass is 19.1. The first-order valence-electron chi connectivity index (χ1n) is 5.24. The lowest BCUT2D eigenvalue weighted by Gasteiger charge is -2.29. The van der Waals surface area contributed by atoms with Crippen LogP contribution in [0.2, 0.25) is 0 Å². The van der Waals surface area contributed by atoms with Gasteiger partial charge in [0, 0.05) is 23.6 Å². The number of hydrogen-bond acceptors (Lipinski definition) is 5. The van der Waals surface area contributed by atoms with Crippen LogP contribution in [-0.2, 0) is 0 Å². The monoisotopic (exact) mass is 258 g/mol. The van der Waals surface area contributed by atoms with Crippen LogP contribution in [0.1, 0.15) is 25.5 Å². The Balaban J connectivity index is 3.37. The van der Waals surface area contributed by atoms with E-state index in [1.54, 1.807) is 13.8 Å². The molecule has 0 unspecified atom stereocenters. The first-order chi connectivity index (χ1) is 8.20. The van der Waals surface area contributed by atoms with E-state index in [-0.39, 0.29) is 12.2 Å². The van der Waals surface area contributed by atoms with Crippen LogP contribution in [0.3, 0.4) is 0 Å². The van der Waals surface area contributed by atoms with Gasteiger partial charge in [0.25, 0.3) is 0 Å². The van der Waals surface area contributed by atoms with Crippen LogP contribution >= 0.6 is 0 Å². The van der Waals surface area contributed by atoms with Crippen LogP contribution in [-0.4, -0.2) is 21.7 Å². The maximum atomic E-state index is 13.3. The Morgan fingerprint density at radius 1 is 1.56 bits per heavy atom. The number of nitrogens with two attached hydrogens (primary N) is 1. The molecule has 0 saturated heterocycles. The molecule has 0 radical (unpaired) electrons. The zero-order valence-corrected chi connectivity index (χ0v) is 10.1. The van der Waals surface area contributed by atoms with Gasteiger partial charge in [-0.1, -0.05) is 13.8 Å². The van der Waals surface area contributed by atoms with E-state index in [1.807, 2.05) is 0 Å². The molecule has 7 heteroatoms. The lowest BCUT2D eigenvalue weighted by molar-refractivity contribution is -0.386. The lowest BCUT2D eigenvalue weighted by Crippen LogP contribution is -2.32. The third-order valence-electron chi connectivity index (χ3n) is 2.87. The highest BCUT2D eigenvalue weighted by molar-refractivity contribution is 5.52. The number of halogens is 1. The minimum atomic E-state index is -0.933. The third-order valence-corrected chi connectivity index (χ3v) is 2.87. The number of aliphatic hydroxyl groups excluding tert-OH is 1. The zero-order chi connectivity index (χ0) is 14.1. The molecule has 0 aliphatic rings. The van der Waals surface area contributed by atoms with E-state index in [9.17, 15) is 24.7 Å². The fraction of sp³-hybridized carbons (Fsp3) is 0.455. The number of hydrogen-bond donors (Lipinski definition) is 3. The Hall–Kier alpha value is -1.73. The molecule has 0 aliphatic carbocycles. The number of benzene rings is 1.